The van der Waals surface area contributed by atoms with Gasteiger partial charge in [0.1, 0.15) is 11.4 Å². The Morgan fingerprint density at radius 1 is 1.16 bits per heavy atom. The summed E-state index contributed by atoms with van der Waals surface area (Å²) in [6, 6.07) is 13.3. The zero-order valence-electron chi connectivity index (χ0n) is 13.2. The fourth-order valence-corrected chi connectivity index (χ4v) is 2.96. The van der Waals surface area contributed by atoms with Gasteiger partial charge in [-0.15, -0.1) is 10.2 Å². The van der Waals surface area contributed by atoms with Gasteiger partial charge < -0.3 is 4.90 Å². The van der Waals surface area contributed by atoms with Crippen molar-refractivity contribution >= 4 is 48.4 Å². The van der Waals surface area contributed by atoms with E-state index in [0.29, 0.717) is 18.7 Å². The van der Waals surface area contributed by atoms with Crippen molar-refractivity contribution in [2.45, 2.75) is 11.3 Å². The monoisotopic (exact) mass is 396 g/mol. The van der Waals surface area contributed by atoms with E-state index < -0.39 is 9.05 Å². The molecule has 0 spiro atoms. The third-order valence-corrected chi connectivity index (χ3v) is 4.99. The molecule has 0 saturated carbocycles. The minimum absolute atomic E-state index is 0.105. The Bertz CT molecular complexity index is 939. The first-order chi connectivity index (χ1) is 11.8. The number of nitriles is 1. The normalized spacial score (nSPS) is 11.4. The van der Waals surface area contributed by atoms with E-state index in [0.717, 1.165) is 5.69 Å². The Morgan fingerprint density at radius 3 is 2.52 bits per heavy atom. The number of halogens is 2. The van der Waals surface area contributed by atoms with Crippen molar-refractivity contribution in [3.63, 3.8) is 0 Å². The molecule has 25 heavy (non-hydrogen) atoms. The van der Waals surface area contributed by atoms with Crippen molar-refractivity contribution < 1.29 is 8.42 Å². The van der Waals surface area contributed by atoms with Crippen LogP contribution in [0.15, 0.2) is 57.6 Å². The molecule has 0 atom stereocenters. The van der Waals surface area contributed by atoms with Crippen LogP contribution in [0.3, 0.4) is 0 Å². The highest BCUT2D eigenvalue weighted by molar-refractivity contribution is 8.13. The summed E-state index contributed by atoms with van der Waals surface area (Å²) in [5, 5.41) is 17.2. The van der Waals surface area contributed by atoms with Crippen LogP contribution in [0.4, 0.5) is 17.1 Å². The molecule has 0 aliphatic heterocycles. The largest absolute Gasteiger partial charge is 0.372 e. The number of rotatable bonds is 6. The van der Waals surface area contributed by atoms with Crippen molar-refractivity contribution in [3.8, 4) is 6.07 Å². The molecule has 2 rings (SSSR count). The average Bonchev–Trinajstić information content (AvgIpc) is 2.58. The Labute approximate surface area is 155 Å². The summed E-state index contributed by atoms with van der Waals surface area (Å²) in [7, 11) is 3.30. The lowest BCUT2D eigenvalue weighted by Gasteiger charge is -2.19. The minimum atomic E-state index is -3.88. The smallest absolute Gasteiger partial charge is 0.261 e. The van der Waals surface area contributed by atoms with Gasteiger partial charge in [-0.1, -0.05) is 23.7 Å². The van der Waals surface area contributed by atoms with Crippen LogP contribution in [0.2, 0.25) is 5.02 Å². The van der Waals surface area contributed by atoms with E-state index in [9.17, 15) is 8.42 Å². The lowest BCUT2D eigenvalue weighted by Crippen LogP contribution is -2.17. The zero-order chi connectivity index (χ0) is 18.4. The van der Waals surface area contributed by atoms with Crippen LogP contribution in [0.25, 0.3) is 0 Å². The molecule has 0 bridgehead atoms. The highest BCUT2D eigenvalue weighted by Gasteiger charge is 2.13. The number of nitrogens with zero attached hydrogens (tertiary/aromatic N) is 4. The second-order valence-corrected chi connectivity index (χ2v) is 8.04. The highest BCUT2D eigenvalue weighted by atomic mass is 35.7. The first kappa shape index (κ1) is 19.2. The summed E-state index contributed by atoms with van der Waals surface area (Å²) >= 11 is 6.05. The maximum absolute atomic E-state index is 11.4. The molecule has 0 fully saturated rings. The quantitative estimate of drug-likeness (QED) is 0.505. The predicted octanol–water partition coefficient (Wildman–Crippen LogP) is 5.03. The molecule has 0 unspecified atom stereocenters. The molecule has 0 radical (unpaired) electrons. The van der Waals surface area contributed by atoms with Crippen LogP contribution in [0, 0.1) is 11.3 Å². The fraction of sp³-hybridized carbons (Fsp3) is 0.188. The molecule has 130 valence electrons. The standard InChI is InChI=1S/C16H14Cl2N4O2S/c1-22(10-4-9-19)16-6-3-2-5-14(16)20-21-15-11-12(25(18,23)24)7-8-13(15)17/h2-3,5-8,11H,4,10H2,1H3. The van der Waals surface area contributed by atoms with Gasteiger partial charge in [0.05, 0.1) is 28.1 Å². The predicted molar refractivity (Wildman–Crippen MR) is 98.6 cm³/mol. The Balaban J connectivity index is 2.36. The van der Waals surface area contributed by atoms with Crippen molar-refractivity contribution in [3.05, 3.63) is 47.5 Å². The van der Waals surface area contributed by atoms with E-state index in [4.69, 9.17) is 27.5 Å². The third-order valence-electron chi connectivity index (χ3n) is 3.32. The van der Waals surface area contributed by atoms with E-state index in [1.165, 1.54) is 18.2 Å². The fourth-order valence-electron chi connectivity index (χ4n) is 2.04. The van der Waals surface area contributed by atoms with E-state index in [1.54, 1.807) is 12.1 Å². The van der Waals surface area contributed by atoms with Gasteiger partial charge >= 0.3 is 0 Å². The summed E-state index contributed by atoms with van der Waals surface area (Å²) in [5.41, 5.74) is 1.55. The summed E-state index contributed by atoms with van der Waals surface area (Å²) < 4.78 is 22.9. The second-order valence-electron chi connectivity index (χ2n) is 5.07. The van der Waals surface area contributed by atoms with E-state index in [-0.39, 0.29) is 15.6 Å². The molecule has 0 aromatic heterocycles. The SMILES string of the molecule is CN(CCC#N)c1ccccc1N=Nc1cc(S(=O)(=O)Cl)ccc1Cl. The molecule has 0 saturated heterocycles. The molecule has 2 aromatic carbocycles. The van der Waals surface area contributed by atoms with Gasteiger partial charge in [0.15, 0.2) is 0 Å². The molecule has 6 nitrogen and oxygen atoms in total. The Kier molecular flexibility index (Phi) is 6.37. The van der Waals surface area contributed by atoms with E-state index in [2.05, 4.69) is 16.3 Å². The van der Waals surface area contributed by atoms with E-state index in [1.807, 2.05) is 24.1 Å². The minimum Gasteiger partial charge on any atom is -0.372 e. The number of azo groups is 1. The maximum Gasteiger partial charge on any atom is 0.261 e. The summed E-state index contributed by atoms with van der Waals surface area (Å²) in [4.78, 5) is 1.78. The van der Waals surface area contributed by atoms with Crippen LogP contribution in [0.1, 0.15) is 6.42 Å². The van der Waals surface area contributed by atoms with Gasteiger partial charge in [-0.2, -0.15) is 5.26 Å². The van der Waals surface area contributed by atoms with Gasteiger partial charge in [0.2, 0.25) is 0 Å². The summed E-state index contributed by atoms with van der Waals surface area (Å²) in [6.07, 6.45) is 0.378. The zero-order valence-corrected chi connectivity index (χ0v) is 15.6. The van der Waals surface area contributed by atoms with Crippen molar-refractivity contribution in [2.24, 2.45) is 10.2 Å². The number of hydrogen-bond donors (Lipinski definition) is 0. The third kappa shape index (κ3) is 5.16. The maximum atomic E-state index is 11.4. The van der Waals surface area contributed by atoms with Crippen LogP contribution in [-0.2, 0) is 9.05 Å². The summed E-state index contributed by atoms with van der Waals surface area (Å²) in [6.45, 7) is 0.545. The molecule has 0 N–H and O–H groups in total. The van der Waals surface area contributed by atoms with Crippen LogP contribution in [0.5, 0.6) is 0 Å². The van der Waals surface area contributed by atoms with Gasteiger partial charge in [0.25, 0.3) is 9.05 Å². The first-order valence-electron chi connectivity index (χ1n) is 7.16. The van der Waals surface area contributed by atoms with Crippen molar-refractivity contribution in [1.29, 1.82) is 5.26 Å². The Hall–Kier alpha value is -2.14. The molecule has 9 heteroatoms. The number of para-hydroxylation sites is 1. The Morgan fingerprint density at radius 2 is 1.84 bits per heavy atom. The van der Waals surface area contributed by atoms with E-state index >= 15 is 0 Å². The summed E-state index contributed by atoms with van der Waals surface area (Å²) in [5.74, 6) is 0. The van der Waals surface area contributed by atoms with Crippen LogP contribution in [-0.4, -0.2) is 22.0 Å². The van der Waals surface area contributed by atoms with Crippen LogP contribution < -0.4 is 4.90 Å². The van der Waals surface area contributed by atoms with Crippen molar-refractivity contribution in [1.82, 2.24) is 0 Å². The van der Waals surface area contributed by atoms with Gasteiger partial charge in [-0.25, -0.2) is 8.42 Å². The average molecular weight is 397 g/mol. The number of hydrogen-bond acceptors (Lipinski definition) is 6. The number of anilines is 1. The molecular formula is C16H14Cl2N4O2S. The molecule has 0 amide bonds. The van der Waals surface area contributed by atoms with Gasteiger partial charge in [-0.05, 0) is 30.3 Å². The van der Waals surface area contributed by atoms with Gasteiger partial charge in [-0.3, -0.25) is 0 Å². The number of benzene rings is 2. The van der Waals surface area contributed by atoms with Gasteiger partial charge in [0, 0.05) is 24.3 Å². The lowest BCUT2D eigenvalue weighted by molar-refractivity contribution is 0.609. The lowest BCUT2D eigenvalue weighted by atomic mass is 10.2. The highest BCUT2D eigenvalue weighted by Crippen LogP contribution is 2.33. The molecule has 0 aliphatic rings. The first-order valence-corrected chi connectivity index (χ1v) is 9.84. The second kappa shape index (κ2) is 8.30. The van der Waals surface area contributed by atoms with Crippen molar-refractivity contribution in [2.75, 3.05) is 18.5 Å². The molecule has 0 heterocycles. The molecule has 2 aromatic rings. The molecule has 0 aliphatic carbocycles. The topological polar surface area (TPSA) is 85.9 Å². The van der Waals surface area contributed by atoms with Crippen LogP contribution >= 0.6 is 22.3 Å². The molecular weight excluding hydrogens is 383 g/mol.